The van der Waals surface area contributed by atoms with E-state index in [-0.39, 0.29) is 17.6 Å². The number of ether oxygens (including phenoxy) is 1. The fourth-order valence-corrected chi connectivity index (χ4v) is 2.34. The second-order valence-corrected chi connectivity index (χ2v) is 5.69. The van der Waals surface area contributed by atoms with E-state index >= 15 is 0 Å². The monoisotopic (exact) mass is 253 g/mol. The highest BCUT2D eigenvalue weighted by Gasteiger charge is 2.33. The van der Waals surface area contributed by atoms with Gasteiger partial charge >= 0.3 is 0 Å². The van der Waals surface area contributed by atoms with E-state index in [1.807, 2.05) is 12.1 Å². The van der Waals surface area contributed by atoms with Crippen LogP contribution in [0.25, 0.3) is 0 Å². The molecule has 1 aromatic rings. The maximum absolute atomic E-state index is 5.97. The summed E-state index contributed by atoms with van der Waals surface area (Å²) in [5, 5.41) is 3.53. The molecule has 18 heavy (non-hydrogen) atoms. The normalized spacial score (nSPS) is 15.6. The van der Waals surface area contributed by atoms with Crippen LogP contribution in [0.2, 0.25) is 0 Å². The highest BCUT2D eigenvalue weighted by atomic mass is 16.5. The van der Waals surface area contributed by atoms with Crippen LogP contribution in [0.1, 0.15) is 40.4 Å². The van der Waals surface area contributed by atoms with Crippen LogP contribution < -0.4 is 5.32 Å². The van der Waals surface area contributed by atoms with Crippen molar-refractivity contribution in [2.75, 3.05) is 13.2 Å². The van der Waals surface area contributed by atoms with Gasteiger partial charge in [-0.2, -0.15) is 0 Å². The number of hydrogen-bond acceptors (Lipinski definition) is 3. The van der Waals surface area contributed by atoms with Gasteiger partial charge in [-0.15, -0.1) is 0 Å². The zero-order valence-corrected chi connectivity index (χ0v) is 12.3. The van der Waals surface area contributed by atoms with Crippen molar-refractivity contribution < 1.29 is 9.15 Å². The molecule has 0 aliphatic carbocycles. The van der Waals surface area contributed by atoms with Gasteiger partial charge in [-0.05, 0) is 31.0 Å². The molecule has 0 aromatic carbocycles. The van der Waals surface area contributed by atoms with Crippen LogP contribution in [0.15, 0.2) is 22.8 Å². The molecule has 2 atom stereocenters. The van der Waals surface area contributed by atoms with Crippen molar-refractivity contribution in [3.05, 3.63) is 24.2 Å². The van der Waals surface area contributed by atoms with Crippen LogP contribution in [0.3, 0.4) is 0 Å². The Bertz CT molecular complexity index is 314. The Labute approximate surface area is 111 Å². The third-order valence-electron chi connectivity index (χ3n) is 3.03. The molecule has 0 spiro atoms. The molecule has 2 unspecified atom stereocenters. The first-order valence-electron chi connectivity index (χ1n) is 6.86. The SMILES string of the molecule is CCNC(Cc1ccco1)C(OCC)C(C)(C)C. The molecule has 0 amide bonds. The van der Waals surface area contributed by atoms with E-state index in [0.717, 1.165) is 25.3 Å². The Kier molecular flexibility index (Phi) is 5.89. The molecule has 1 aromatic heterocycles. The van der Waals surface area contributed by atoms with E-state index in [9.17, 15) is 0 Å². The first-order valence-corrected chi connectivity index (χ1v) is 6.86. The van der Waals surface area contributed by atoms with Gasteiger partial charge in [0.25, 0.3) is 0 Å². The largest absolute Gasteiger partial charge is 0.469 e. The molecule has 3 heteroatoms. The third kappa shape index (κ3) is 4.46. The average Bonchev–Trinajstić information content (AvgIpc) is 2.76. The fraction of sp³-hybridized carbons (Fsp3) is 0.733. The summed E-state index contributed by atoms with van der Waals surface area (Å²) in [7, 11) is 0. The summed E-state index contributed by atoms with van der Waals surface area (Å²) in [5.74, 6) is 1.01. The van der Waals surface area contributed by atoms with Gasteiger partial charge < -0.3 is 14.5 Å². The lowest BCUT2D eigenvalue weighted by Gasteiger charge is -2.37. The second kappa shape index (κ2) is 6.95. The maximum Gasteiger partial charge on any atom is 0.105 e. The molecule has 104 valence electrons. The summed E-state index contributed by atoms with van der Waals surface area (Å²) in [6.45, 7) is 12.5. The molecule has 0 radical (unpaired) electrons. The predicted octanol–water partition coefficient (Wildman–Crippen LogP) is 3.25. The minimum Gasteiger partial charge on any atom is -0.469 e. The smallest absolute Gasteiger partial charge is 0.105 e. The summed E-state index contributed by atoms with van der Waals surface area (Å²) < 4.78 is 11.4. The summed E-state index contributed by atoms with van der Waals surface area (Å²) in [5.41, 5.74) is 0.107. The van der Waals surface area contributed by atoms with E-state index < -0.39 is 0 Å². The van der Waals surface area contributed by atoms with Gasteiger partial charge in [0.15, 0.2) is 0 Å². The molecule has 0 fully saturated rings. The molecule has 0 saturated carbocycles. The van der Waals surface area contributed by atoms with Gasteiger partial charge in [0, 0.05) is 19.1 Å². The van der Waals surface area contributed by atoms with Crippen molar-refractivity contribution in [2.45, 2.75) is 53.2 Å². The molecule has 1 heterocycles. The molecule has 1 rings (SSSR count). The second-order valence-electron chi connectivity index (χ2n) is 5.69. The Balaban J connectivity index is 2.79. The zero-order valence-electron chi connectivity index (χ0n) is 12.3. The lowest BCUT2D eigenvalue weighted by atomic mass is 9.83. The molecule has 0 bridgehead atoms. The molecule has 0 saturated heterocycles. The highest BCUT2D eigenvalue weighted by molar-refractivity contribution is 5.03. The van der Waals surface area contributed by atoms with Crippen molar-refractivity contribution in [2.24, 2.45) is 5.41 Å². The van der Waals surface area contributed by atoms with Gasteiger partial charge in [-0.3, -0.25) is 0 Å². The van der Waals surface area contributed by atoms with E-state index in [0.29, 0.717) is 0 Å². The summed E-state index contributed by atoms with van der Waals surface area (Å²) in [6.07, 6.45) is 2.76. The van der Waals surface area contributed by atoms with Crippen molar-refractivity contribution in [3.8, 4) is 0 Å². The Morgan fingerprint density at radius 3 is 2.50 bits per heavy atom. The standard InChI is InChI=1S/C15H27NO2/c1-6-16-13(11-12-9-8-10-18-12)14(17-7-2)15(3,4)5/h8-10,13-14,16H,6-7,11H2,1-5H3. The lowest BCUT2D eigenvalue weighted by molar-refractivity contribution is -0.0361. The van der Waals surface area contributed by atoms with E-state index in [4.69, 9.17) is 9.15 Å². The van der Waals surface area contributed by atoms with Crippen molar-refractivity contribution in [3.63, 3.8) is 0 Å². The van der Waals surface area contributed by atoms with Gasteiger partial charge in [-0.1, -0.05) is 27.7 Å². The highest BCUT2D eigenvalue weighted by Crippen LogP contribution is 2.26. The summed E-state index contributed by atoms with van der Waals surface area (Å²) in [6, 6.07) is 4.24. The van der Waals surface area contributed by atoms with Crippen LogP contribution >= 0.6 is 0 Å². The third-order valence-corrected chi connectivity index (χ3v) is 3.03. The number of furan rings is 1. The number of nitrogens with one attached hydrogen (secondary N) is 1. The Morgan fingerprint density at radius 1 is 1.33 bits per heavy atom. The van der Waals surface area contributed by atoms with Crippen LogP contribution in [-0.4, -0.2) is 25.3 Å². The van der Waals surface area contributed by atoms with Crippen molar-refractivity contribution >= 4 is 0 Å². The fourth-order valence-electron chi connectivity index (χ4n) is 2.34. The van der Waals surface area contributed by atoms with E-state index in [1.165, 1.54) is 0 Å². The zero-order chi connectivity index (χ0) is 13.6. The molecular formula is C15H27NO2. The number of hydrogen-bond donors (Lipinski definition) is 1. The Morgan fingerprint density at radius 2 is 2.06 bits per heavy atom. The first-order chi connectivity index (χ1) is 8.49. The van der Waals surface area contributed by atoms with Crippen molar-refractivity contribution in [1.82, 2.24) is 5.32 Å². The summed E-state index contributed by atoms with van der Waals surface area (Å²) >= 11 is 0. The predicted molar refractivity (Wildman–Crippen MR) is 74.7 cm³/mol. The van der Waals surface area contributed by atoms with E-state index in [1.54, 1.807) is 6.26 Å². The van der Waals surface area contributed by atoms with Crippen LogP contribution in [0, 0.1) is 5.41 Å². The minimum atomic E-state index is 0.107. The number of rotatable bonds is 7. The van der Waals surface area contributed by atoms with Gasteiger partial charge in [0.1, 0.15) is 5.76 Å². The van der Waals surface area contributed by atoms with Gasteiger partial charge in [0.05, 0.1) is 12.4 Å². The lowest BCUT2D eigenvalue weighted by Crippen LogP contribution is -2.49. The quantitative estimate of drug-likeness (QED) is 0.810. The first kappa shape index (κ1) is 15.3. The van der Waals surface area contributed by atoms with Gasteiger partial charge in [-0.25, -0.2) is 0 Å². The molecule has 0 aliphatic rings. The van der Waals surface area contributed by atoms with Crippen LogP contribution in [0.5, 0.6) is 0 Å². The van der Waals surface area contributed by atoms with E-state index in [2.05, 4.69) is 39.9 Å². The van der Waals surface area contributed by atoms with Gasteiger partial charge in [0.2, 0.25) is 0 Å². The van der Waals surface area contributed by atoms with Crippen LogP contribution in [0.4, 0.5) is 0 Å². The number of likely N-dealkylation sites (N-methyl/N-ethyl adjacent to an activating group) is 1. The summed E-state index contributed by atoms with van der Waals surface area (Å²) in [4.78, 5) is 0. The minimum absolute atomic E-state index is 0.107. The molecule has 3 nitrogen and oxygen atoms in total. The molecular weight excluding hydrogens is 226 g/mol. The maximum atomic E-state index is 5.97. The topological polar surface area (TPSA) is 34.4 Å². The van der Waals surface area contributed by atoms with Crippen molar-refractivity contribution in [1.29, 1.82) is 0 Å². The average molecular weight is 253 g/mol. The molecule has 1 N–H and O–H groups in total. The Hall–Kier alpha value is -0.800. The van der Waals surface area contributed by atoms with Crippen LogP contribution in [-0.2, 0) is 11.2 Å². The molecule has 0 aliphatic heterocycles.